The third-order valence-electron chi connectivity index (χ3n) is 7.05. The molecular formula is C24H26F3N5O2S. The lowest BCUT2D eigenvalue weighted by Crippen LogP contribution is -2.35. The Morgan fingerprint density at radius 2 is 2.06 bits per heavy atom. The van der Waals surface area contributed by atoms with Crippen LogP contribution in [0.5, 0.6) is 5.75 Å². The summed E-state index contributed by atoms with van der Waals surface area (Å²) in [7, 11) is 1.94. The van der Waals surface area contributed by atoms with Crippen LogP contribution >= 0.6 is 11.3 Å². The van der Waals surface area contributed by atoms with Crippen molar-refractivity contribution in [3.8, 4) is 5.75 Å². The molecule has 2 aromatic heterocycles. The lowest BCUT2D eigenvalue weighted by molar-refractivity contribution is -0.274. The Balaban J connectivity index is 1.24. The van der Waals surface area contributed by atoms with Gasteiger partial charge in [0.2, 0.25) is 0 Å². The Morgan fingerprint density at radius 1 is 1.29 bits per heavy atom. The minimum atomic E-state index is -4.76. The van der Waals surface area contributed by atoms with Gasteiger partial charge in [0.15, 0.2) is 0 Å². The molecule has 0 spiro atoms. The molecule has 3 aromatic rings. The summed E-state index contributed by atoms with van der Waals surface area (Å²) in [6, 6.07) is 5.80. The zero-order valence-corrected chi connectivity index (χ0v) is 20.2. The van der Waals surface area contributed by atoms with Crippen LogP contribution in [0.1, 0.15) is 27.3 Å². The van der Waals surface area contributed by atoms with Gasteiger partial charge in [-0.1, -0.05) is 12.1 Å². The molecule has 1 aliphatic heterocycles. The summed E-state index contributed by atoms with van der Waals surface area (Å²) in [5, 5.41) is 6.02. The van der Waals surface area contributed by atoms with Crippen LogP contribution in [0.25, 0.3) is 0 Å². The molecule has 2 unspecified atom stereocenters. The van der Waals surface area contributed by atoms with Gasteiger partial charge >= 0.3 is 6.36 Å². The molecule has 0 bridgehead atoms. The molecule has 1 saturated carbocycles. The number of benzene rings is 1. The van der Waals surface area contributed by atoms with Gasteiger partial charge in [0.05, 0.1) is 11.7 Å². The van der Waals surface area contributed by atoms with E-state index in [0.29, 0.717) is 35.6 Å². The average molecular weight is 506 g/mol. The topological polar surface area (TPSA) is 63.5 Å². The van der Waals surface area contributed by atoms with Crippen LogP contribution in [0.3, 0.4) is 0 Å². The standard InChI is InChI=1S/C24H26F3N5O2S/c1-15-17(7-29-30(15)2)9-31-10-19-20(11-31)21(19)12-32(23(33)22-13-35-14-28-22)8-16-4-3-5-18(6-16)34-24(25,26)27/h3-7,13-14,19-21H,8-12H2,1-2H3. The molecule has 1 aliphatic carbocycles. The van der Waals surface area contributed by atoms with Gasteiger partial charge < -0.3 is 9.64 Å². The van der Waals surface area contributed by atoms with Gasteiger partial charge in [-0.2, -0.15) is 5.10 Å². The van der Waals surface area contributed by atoms with Crippen molar-refractivity contribution < 1.29 is 22.7 Å². The van der Waals surface area contributed by atoms with Crippen LogP contribution in [0.2, 0.25) is 0 Å². The van der Waals surface area contributed by atoms with Crippen molar-refractivity contribution >= 4 is 17.2 Å². The quantitative estimate of drug-likeness (QED) is 0.461. The number of halogens is 3. The maximum atomic E-state index is 13.2. The summed E-state index contributed by atoms with van der Waals surface area (Å²) >= 11 is 1.34. The number of carbonyl (C=O) groups excluding carboxylic acids is 1. The fourth-order valence-electron chi connectivity index (χ4n) is 5.09. The molecule has 1 amide bonds. The molecule has 1 saturated heterocycles. The van der Waals surface area contributed by atoms with Gasteiger partial charge in [-0.15, -0.1) is 24.5 Å². The molecule has 5 rings (SSSR count). The molecule has 186 valence electrons. The normalized spacial score (nSPS) is 21.7. The second-order valence-electron chi connectivity index (χ2n) is 9.32. The molecule has 2 atom stereocenters. The van der Waals surface area contributed by atoms with Crippen LogP contribution in [-0.4, -0.2) is 56.5 Å². The number of alkyl halides is 3. The summed E-state index contributed by atoms with van der Waals surface area (Å²) in [4.78, 5) is 21.5. The number of hydrogen-bond acceptors (Lipinski definition) is 6. The number of ether oxygens (including phenoxy) is 1. The third-order valence-corrected chi connectivity index (χ3v) is 7.64. The summed E-state index contributed by atoms with van der Waals surface area (Å²) in [5.74, 6) is 0.899. The highest BCUT2D eigenvalue weighted by Crippen LogP contribution is 2.52. The molecule has 1 aromatic carbocycles. The molecular weight excluding hydrogens is 479 g/mol. The fraction of sp³-hybridized carbons (Fsp3) is 0.458. The van der Waals surface area contributed by atoms with E-state index in [4.69, 9.17) is 0 Å². The predicted octanol–water partition coefficient (Wildman–Crippen LogP) is 4.10. The van der Waals surface area contributed by atoms with Crippen molar-refractivity contribution in [3.63, 3.8) is 0 Å². The van der Waals surface area contributed by atoms with Gasteiger partial charge in [-0.25, -0.2) is 4.98 Å². The third kappa shape index (κ3) is 5.35. The Hall–Kier alpha value is -2.92. The van der Waals surface area contributed by atoms with E-state index in [0.717, 1.165) is 19.6 Å². The number of thiazole rings is 1. The number of piperidine rings is 1. The number of hydrogen-bond donors (Lipinski definition) is 0. The summed E-state index contributed by atoms with van der Waals surface area (Å²) in [6.07, 6.45) is -2.85. The van der Waals surface area contributed by atoms with Gasteiger partial charge in [-0.3, -0.25) is 14.4 Å². The highest BCUT2D eigenvalue weighted by molar-refractivity contribution is 7.07. The van der Waals surface area contributed by atoms with Crippen LogP contribution in [-0.2, 0) is 20.1 Å². The molecule has 2 fully saturated rings. The minimum Gasteiger partial charge on any atom is -0.406 e. The first-order valence-corrected chi connectivity index (χ1v) is 12.3. The Kier molecular flexibility index (Phi) is 6.30. The Morgan fingerprint density at radius 3 is 2.69 bits per heavy atom. The number of nitrogens with zero attached hydrogens (tertiary/aromatic N) is 5. The molecule has 7 nitrogen and oxygen atoms in total. The minimum absolute atomic E-state index is 0.194. The van der Waals surface area contributed by atoms with Gasteiger partial charge in [-0.05, 0) is 42.4 Å². The number of rotatable bonds is 8. The lowest BCUT2D eigenvalue weighted by atomic mass is 10.1. The predicted molar refractivity (Wildman–Crippen MR) is 124 cm³/mol. The van der Waals surface area contributed by atoms with Crippen LogP contribution in [0.4, 0.5) is 13.2 Å². The largest absolute Gasteiger partial charge is 0.573 e. The van der Waals surface area contributed by atoms with E-state index in [1.807, 2.05) is 17.9 Å². The second-order valence-corrected chi connectivity index (χ2v) is 10.0. The highest BCUT2D eigenvalue weighted by atomic mass is 32.1. The number of aromatic nitrogens is 3. The Labute approximate surface area is 205 Å². The number of carbonyl (C=O) groups is 1. The molecule has 11 heteroatoms. The van der Waals surface area contributed by atoms with Crippen LogP contribution in [0, 0.1) is 24.7 Å². The van der Waals surface area contributed by atoms with E-state index in [-0.39, 0.29) is 18.2 Å². The van der Waals surface area contributed by atoms with Crippen molar-refractivity contribution in [2.45, 2.75) is 26.4 Å². The number of aryl methyl sites for hydroxylation is 1. The zero-order chi connectivity index (χ0) is 24.7. The number of likely N-dealkylation sites (tertiary alicyclic amines) is 1. The molecule has 0 radical (unpaired) electrons. The first kappa shape index (κ1) is 23.8. The van der Waals surface area contributed by atoms with Crippen molar-refractivity contribution in [1.82, 2.24) is 24.6 Å². The number of amides is 1. The average Bonchev–Trinajstić information content (AvgIpc) is 3.26. The zero-order valence-electron chi connectivity index (χ0n) is 19.4. The summed E-state index contributed by atoms with van der Waals surface area (Å²) < 4.78 is 43.9. The highest BCUT2D eigenvalue weighted by Gasteiger charge is 2.56. The number of fused-ring (bicyclic) bond motifs is 1. The van der Waals surface area contributed by atoms with E-state index < -0.39 is 6.36 Å². The maximum absolute atomic E-state index is 13.2. The fourth-order valence-corrected chi connectivity index (χ4v) is 5.62. The molecule has 35 heavy (non-hydrogen) atoms. The van der Waals surface area contributed by atoms with Gasteiger partial charge in [0.1, 0.15) is 11.4 Å². The molecule has 0 N–H and O–H groups in total. The maximum Gasteiger partial charge on any atom is 0.573 e. The lowest BCUT2D eigenvalue weighted by Gasteiger charge is -2.25. The van der Waals surface area contributed by atoms with Crippen LogP contribution < -0.4 is 4.74 Å². The Bertz CT molecular complexity index is 1180. The monoisotopic (exact) mass is 505 g/mol. The molecule has 2 aliphatic rings. The van der Waals surface area contributed by atoms with Crippen molar-refractivity contribution in [1.29, 1.82) is 0 Å². The van der Waals surface area contributed by atoms with Crippen molar-refractivity contribution in [3.05, 3.63) is 63.9 Å². The van der Waals surface area contributed by atoms with E-state index >= 15 is 0 Å². The van der Waals surface area contributed by atoms with Crippen LogP contribution in [0.15, 0.2) is 41.4 Å². The van der Waals surface area contributed by atoms with Crippen molar-refractivity contribution in [2.75, 3.05) is 19.6 Å². The SMILES string of the molecule is Cc1c(CN2CC3C(C2)C3CN(Cc2cccc(OC(F)(F)F)c2)C(=O)c2cscn2)cnn1C. The van der Waals surface area contributed by atoms with Gasteiger partial charge in [0.25, 0.3) is 5.91 Å². The van der Waals surface area contributed by atoms with E-state index in [2.05, 4.69) is 26.6 Å². The first-order chi connectivity index (χ1) is 16.7. The summed E-state index contributed by atoms with van der Waals surface area (Å²) in [6.45, 7) is 5.62. The molecule has 3 heterocycles. The van der Waals surface area contributed by atoms with E-state index in [9.17, 15) is 18.0 Å². The van der Waals surface area contributed by atoms with Gasteiger partial charge in [0, 0.05) is 56.4 Å². The van der Waals surface area contributed by atoms with E-state index in [1.54, 1.807) is 21.9 Å². The second kappa shape index (κ2) is 9.27. The first-order valence-electron chi connectivity index (χ1n) is 11.4. The van der Waals surface area contributed by atoms with E-state index in [1.165, 1.54) is 40.8 Å². The summed E-state index contributed by atoms with van der Waals surface area (Å²) in [5.41, 5.74) is 4.94. The van der Waals surface area contributed by atoms with Crippen molar-refractivity contribution in [2.24, 2.45) is 24.8 Å². The smallest absolute Gasteiger partial charge is 0.406 e.